The molecule has 0 rings (SSSR count). The lowest BCUT2D eigenvalue weighted by Gasteiger charge is -1.90. The van der Waals surface area contributed by atoms with E-state index in [9.17, 15) is 9.59 Å². The molecule has 1 amide bonds. The van der Waals surface area contributed by atoms with Crippen LogP contribution in [0.25, 0.3) is 0 Å². The van der Waals surface area contributed by atoms with Gasteiger partial charge in [-0.3, -0.25) is 4.79 Å². The van der Waals surface area contributed by atoms with E-state index >= 15 is 0 Å². The molecule has 0 atom stereocenters. The van der Waals surface area contributed by atoms with Gasteiger partial charge in [0, 0.05) is 14.0 Å². The standard InChI is InChI=1S/C3H7NO2.C3H6O2.2CH4/c1-4-3(5)6-2;1-3(4)5-2;;/h1-2H3,(H,4,5);1-2H3;2*1H4. The first kappa shape index (κ1) is 22.6. The van der Waals surface area contributed by atoms with Crippen molar-refractivity contribution in [3.05, 3.63) is 0 Å². The topological polar surface area (TPSA) is 64.6 Å². The zero-order valence-electron chi connectivity index (χ0n) is 7.13. The highest BCUT2D eigenvalue weighted by Gasteiger charge is 1.85. The Labute approximate surface area is 80.4 Å². The van der Waals surface area contributed by atoms with E-state index in [-0.39, 0.29) is 20.8 Å². The van der Waals surface area contributed by atoms with E-state index in [4.69, 9.17) is 0 Å². The lowest BCUT2D eigenvalue weighted by atomic mass is 10.8. The number of nitrogens with one attached hydrogen (secondary N) is 1. The third-order valence-electron chi connectivity index (χ3n) is 0.677. The Bertz CT molecular complexity index is 119. The highest BCUT2D eigenvalue weighted by molar-refractivity contribution is 5.66. The molecule has 0 aliphatic heterocycles. The van der Waals surface area contributed by atoms with Crippen LogP contribution in [0.5, 0.6) is 0 Å². The molecule has 0 aliphatic carbocycles. The van der Waals surface area contributed by atoms with Crippen LogP contribution in [-0.2, 0) is 14.3 Å². The van der Waals surface area contributed by atoms with E-state index in [1.54, 1.807) is 0 Å². The molecule has 0 aliphatic rings. The maximum Gasteiger partial charge on any atom is 0.406 e. The number of carbonyl (C=O) groups is 2. The smallest absolute Gasteiger partial charge is 0.406 e. The Balaban J connectivity index is -0.0000000546. The van der Waals surface area contributed by atoms with Crippen LogP contribution in [0.3, 0.4) is 0 Å². The third-order valence-corrected chi connectivity index (χ3v) is 0.677. The van der Waals surface area contributed by atoms with Gasteiger partial charge < -0.3 is 14.8 Å². The van der Waals surface area contributed by atoms with Gasteiger partial charge in [0.25, 0.3) is 0 Å². The molecule has 0 unspecified atom stereocenters. The van der Waals surface area contributed by atoms with E-state index in [2.05, 4.69) is 14.8 Å². The Morgan fingerprint density at radius 3 is 1.38 bits per heavy atom. The van der Waals surface area contributed by atoms with Gasteiger partial charge in [-0.05, 0) is 0 Å². The molecule has 0 spiro atoms. The summed E-state index contributed by atoms with van der Waals surface area (Å²) in [5, 5.41) is 2.25. The van der Waals surface area contributed by atoms with Crippen LogP contribution >= 0.6 is 0 Å². The van der Waals surface area contributed by atoms with Crippen molar-refractivity contribution < 1.29 is 19.1 Å². The SMILES string of the molecule is C.C.CNC(=O)OC.COC(C)=O. The Morgan fingerprint density at radius 1 is 1.08 bits per heavy atom. The molecular weight excluding hydrogens is 174 g/mol. The highest BCUT2D eigenvalue weighted by atomic mass is 16.5. The summed E-state index contributed by atoms with van der Waals surface area (Å²) in [5.74, 6) is -0.245. The quantitative estimate of drug-likeness (QED) is 0.594. The molecule has 0 heterocycles. The average Bonchev–Trinajstić information content (AvgIpc) is 2.04. The summed E-state index contributed by atoms with van der Waals surface area (Å²) >= 11 is 0. The van der Waals surface area contributed by atoms with E-state index in [0.29, 0.717) is 0 Å². The molecule has 82 valence electrons. The predicted molar refractivity (Wildman–Crippen MR) is 52.6 cm³/mol. The molecule has 0 aromatic rings. The van der Waals surface area contributed by atoms with E-state index in [0.717, 1.165) is 0 Å². The van der Waals surface area contributed by atoms with Crippen LogP contribution in [0.4, 0.5) is 4.79 Å². The van der Waals surface area contributed by atoms with E-state index in [1.165, 1.54) is 28.2 Å². The number of carbonyl (C=O) groups excluding carboxylic acids is 2. The first-order valence-corrected chi connectivity index (χ1v) is 2.88. The molecule has 5 nitrogen and oxygen atoms in total. The summed E-state index contributed by atoms with van der Waals surface area (Å²) in [6, 6.07) is 0. The average molecular weight is 195 g/mol. The molecule has 0 aromatic carbocycles. The fourth-order valence-electron chi connectivity index (χ4n) is 0.102. The zero-order valence-corrected chi connectivity index (χ0v) is 7.13. The lowest BCUT2D eigenvalue weighted by Crippen LogP contribution is -2.16. The van der Waals surface area contributed by atoms with Crippen LogP contribution in [0.15, 0.2) is 0 Å². The lowest BCUT2D eigenvalue weighted by molar-refractivity contribution is -0.137. The molecule has 0 saturated heterocycles. The highest BCUT2D eigenvalue weighted by Crippen LogP contribution is 1.62. The van der Waals surface area contributed by atoms with Crippen molar-refractivity contribution in [1.29, 1.82) is 0 Å². The van der Waals surface area contributed by atoms with Crippen molar-refractivity contribution in [3.63, 3.8) is 0 Å². The van der Waals surface area contributed by atoms with Gasteiger partial charge in [-0.1, -0.05) is 14.9 Å². The van der Waals surface area contributed by atoms with Crippen LogP contribution in [0, 0.1) is 0 Å². The molecular formula is C8H21NO4. The molecule has 0 bridgehead atoms. The number of rotatable bonds is 0. The molecule has 13 heavy (non-hydrogen) atoms. The third kappa shape index (κ3) is 36.5. The van der Waals surface area contributed by atoms with Gasteiger partial charge >= 0.3 is 12.1 Å². The Kier molecular flexibility index (Phi) is 29.6. The minimum atomic E-state index is -0.407. The van der Waals surface area contributed by atoms with Crippen molar-refractivity contribution in [2.45, 2.75) is 21.8 Å². The summed E-state index contributed by atoms with van der Waals surface area (Å²) in [7, 11) is 4.17. The second-order valence-electron chi connectivity index (χ2n) is 1.44. The maximum atomic E-state index is 9.85. The Hall–Kier alpha value is -1.26. The van der Waals surface area contributed by atoms with Crippen molar-refractivity contribution in [2.75, 3.05) is 21.3 Å². The zero-order chi connectivity index (χ0) is 9.28. The fourth-order valence-corrected chi connectivity index (χ4v) is 0.102. The maximum absolute atomic E-state index is 9.85. The molecule has 5 heteroatoms. The number of hydrogen-bond acceptors (Lipinski definition) is 4. The summed E-state index contributed by atoms with van der Waals surface area (Å²) in [4.78, 5) is 19.4. The Morgan fingerprint density at radius 2 is 1.38 bits per heavy atom. The predicted octanol–water partition coefficient (Wildman–Crippen LogP) is 1.42. The van der Waals surface area contributed by atoms with Crippen LogP contribution in [0.1, 0.15) is 21.8 Å². The van der Waals surface area contributed by atoms with Crippen LogP contribution in [0.2, 0.25) is 0 Å². The summed E-state index contributed by atoms with van der Waals surface area (Å²) < 4.78 is 8.26. The first-order valence-electron chi connectivity index (χ1n) is 2.88. The molecule has 0 fully saturated rings. The largest absolute Gasteiger partial charge is 0.469 e. The van der Waals surface area contributed by atoms with Crippen LogP contribution < -0.4 is 5.32 Å². The normalized spacial score (nSPS) is 5.85. The molecule has 1 N–H and O–H groups in total. The summed E-state index contributed by atoms with van der Waals surface area (Å²) in [6.07, 6.45) is -0.407. The van der Waals surface area contributed by atoms with E-state index < -0.39 is 6.09 Å². The second-order valence-corrected chi connectivity index (χ2v) is 1.44. The van der Waals surface area contributed by atoms with Crippen molar-refractivity contribution in [2.24, 2.45) is 0 Å². The van der Waals surface area contributed by atoms with Gasteiger partial charge in [0.2, 0.25) is 0 Å². The number of alkyl carbamates (subject to hydrolysis) is 1. The summed E-state index contributed by atoms with van der Waals surface area (Å²) in [6.45, 7) is 1.36. The number of methoxy groups -OCH3 is 2. The number of ether oxygens (including phenoxy) is 2. The molecule has 0 aromatic heterocycles. The van der Waals surface area contributed by atoms with Gasteiger partial charge in [-0.2, -0.15) is 0 Å². The number of amides is 1. The van der Waals surface area contributed by atoms with Gasteiger partial charge in [0.15, 0.2) is 0 Å². The van der Waals surface area contributed by atoms with Gasteiger partial charge in [0.05, 0.1) is 14.2 Å². The van der Waals surface area contributed by atoms with Crippen LogP contribution in [-0.4, -0.2) is 33.3 Å². The van der Waals surface area contributed by atoms with Gasteiger partial charge in [0.1, 0.15) is 0 Å². The van der Waals surface area contributed by atoms with Crippen molar-refractivity contribution >= 4 is 12.1 Å². The number of esters is 1. The minimum absolute atomic E-state index is 0. The summed E-state index contributed by atoms with van der Waals surface area (Å²) in [5.41, 5.74) is 0. The van der Waals surface area contributed by atoms with Crippen molar-refractivity contribution in [3.8, 4) is 0 Å². The molecule has 0 radical (unpaired) electrons. The first-order chi connectivity index (χ1) is 5.08. The minimum Gasteiger partial charge on any atom is -0.469 e. The second kappa shape index (κ2) is 17.0. The van der Waals surface area contributed by atoms with Gasteiger partial charge in [-0.15, -0.1) is 0 Å². The molecule has 0 saturated carbocycles. The monoisotopic (exact) mass is 195 g/mol. The van der Waals surface area contributed by atoms with Gasteiger partial charge in [-0.25, -0.2) is 4.79 Å². The van der Waals surface area contributed by atoms with Crippen molar-refractivity contribution in [1.82, 2.24) is 5.32 Å². The number of hydrogen-bond donors (Lipinski definition) is 1. The van der Waals surface area contributed by atoms with E-state index in [1.807, 2.05) is 0 Å². The fraction of sp³-hybridized carbons (Fsp3) is 0.750.